The van der Waals surface area contributed by atoms with E-state index < -0.39 is 10.0 Å². The number of hydrogen-bond acceptors (Lipinski definition) is 5. The molecule has 0 N–H and O–H groups in total. The fraction of sp³-hybridized carbons (Fsp3) is 0.741. The van der Waals surface area contributed by atoms with Gasteiger partial charge in [0.15, 0.2) is 0 Å². The summed E-state index contributed by atoms with van der Waals surface area (Å²) in [6, 6.07) is 6.57. The van der Waals surface area contributed by atoms with Crippen LogP contribution in [0.3, 0.4) is 0 Å². The first kappa shape index (κ1) is 26.3. The van der Waals surface area contributed by atoms with Crippen LogP contribution < -0.4 is 0 Å². The Morgan fingerprint density at radius 3 is 2.33 bits per heavy atom. The van der Waals surface area contributed by atoms with Crippen LogP contribution in [0, 0.1) is 11.8 Å². The smallest absolute Gasteiger partial charge is 0.409 e. The number of benzene rings is 1. The molecule has 36 heavy (non-hydrogen) atoms. The molecule has 5 rings (SSSR count). The summed E-state index contributed by atoms with van der Waals surface area (Å²) in [5, 5.41) is 0.509. The molecule has 0 radical (unpaired) electrons. The normalized spacial score (nSPS) is 30.8. The molecule has 4 fully saturated rings. The third-order valence-electron chi connectivity index (χ3n) is 8.66. The lowest BCUT2D eigenvalue weighted by molar-refractivity contribution is 0.0265. The second kappa shape index (κ2) is 11.2. The molecule has 3 heterocycles. The molecule has 1 aromatic carbocycles. The molecule has 2 unspecified atom stereocenters. The van der Waals surface area contributed by atoms with Crippen LogP contribution in [0.1, 0.15) is 64.7 Å². The minimum absolute atomic E-state index is 0.0246. The van der Waals surface area contributed by atoms with Crippen molar-refractivity contribution in [1.29, 1.82) is 0 Å². The number of nitrogens with zero attached hydrogens (tertiary/aromatic N) is 3. The predicted octanol–water partition coefficient (Wildman–Crippen LogP) is 4.99. The Kier molecular flexibility index (Phi) is 8.15. The Morgan fingerprint density at radius 2 is 1.67 bits per heavy atom. The highest BCUT2D eigenvalue weighted by molar-refractivity contribution is 7.89. The number of hydrogen-bond donors (Lipinski definition) is 0. The van der Waals surface area contributed by atoms with Crippen molar-refractivity contribution in [2.24, 2.45) is 11.8 Å². The van der Waals surface area contributed by atoms with Crippen molar-refractivity contribution >= 4 is 27.7 Å². The second-order valence-electron chi connectivity index (χ2n) is 11.2. The van der Waals surface area contributed by atoms with Crippen molar-refractivity contribution in [1.82, 2.24) is 14.1 Å². The van der Waals surface area contributed by atoms with E-state index in [1.807, 2.05) is 4.90 Å². The van der Waals surface area contributed by atoms with E-state index in [1.54, 1.807) is 28.6 Å². The zero-order valence-electron chi connectivity index (χ0n) is 21.4. The van der Waals surface area contributed by atoms with E-state index in [-0.39, 0.29) is 29.7 Å². The predicted molar refractivity (Wildman–Crippen MR) is 141 cm³/mol. The van der Waals surface area contributed by atoms with Crippen LogP contribution in [-0.2, 0) is 14.8 Å². The highest BCUT2D eigenvalue weighted by Gasteiger charge is 2.46. The molecule has 4 aliphatic rings. The summed E-state index contributed by atoms with van der Waals surface area (Å²) >= 11 is 6.01. The maximum Gasteiger partial charge on any atom is 0.409 e. The van der Waals surface area contributed by atoms with E-state index in [1.165, 1.54) is 32.4 Å². The van der Waals surface area contributed by atoms with Gasteiger partial charge >= 0.3 is 6.09 Å². The van der Waals surface area contributed by atoms with Gasteiger partial charge in [-0.3, -0.25) is 4.90 Å². The molecule has 0 bridgehead atoms. The Hall–Kier alpha value is -1.35. The van der Waals surface area contributed by atoms with Crippen LogP contribution in [0.2, 0.25) is 5.02 Å². The topological polar surface area (TPSA) is 70.2 Å². The van der Waals surface area contributed by atoms with Gasteiger partial charge in [-0.15, -0.1) is 0 Å². The number of likely N-dealkylation sites (tertiary alicyclic amines) is 2. The summed E-state index contributed by atoms with van der Waals surface area (Å²) in [5.41, 5.74) is 0. The van der Waals surface area contributed by atoms with Crippen molar-refractivity contribution < 1.29 is 17.9 Å². The molecule has 0 spiro atoms. The van der Waals surface area contributed by atoms with Crippen LogP contribution >= 0.6 is 11.6 Å². The Labute approximate surface area is 221 Å². The lowest BCUT2D eigenvalue weighted by Crippen LogP contribution is -2.54. The van der Waals surface area contributed by atoms with Gasteiger partial charge in [-0.25, -0.2) is 13.2 Å². The average Bonchev–Trinajstić information content (AvgIpc) is 3.73. The number of carbonyl (C=O) groups excluding carboxylic acids is 1. The van der Waals surface area contributed by atoms with Gasteiger partial charge in [0.1, 0.15) is 6.61 Å². The van der Waals surface area contributed by atoms with Crippen LogP contribution in [0.5, 0.6) is 0 Å². The van der Waals surface area contributed by atoms with Crippen LogP contribution in [0.4, 0.5) is 4.79 Å². The van der Waals surface area contributed by atoms with Crippen LogP contribution in [0.15, 0.2) is 29.2 Å². The van der Waals surface area contributed by atoms with E-state index in [0.29, 0.717) is 42.4 Å². The molecule has 1 amide bonds. The number of halogens is 1. The van der Waals surface area contributed by atoms with E-state index in [9.17, 15) is 13.2 Å². The fourth-order valence-corrected chi connectivity index (χ4v) is 8.66. The summed E-state index contributed by atoms with van der Waals surface area (Å²) < 4.78 is 35.0. The first-order valence-corrected chi connectivity index (χ1v) is 15.6. The number of sulfonamides is 1. The van der Waals surface area contributed by atoms with E-state index >= 15 is 0 Å². The van der Waals surface area contributed by atoms with Gasteiger partial charge in [0.25, 0.3) is 0 Å². The minimum Gasteiger partial charge on any atom is -0.448 e. The maximum absolute atomic E-state index is 13.8. The average molecular weight is 538 g/mol. The van der Waals surface area contributed by atoms with Crippen molar-refractivity contribution in [2.45, 2.75) is 87.7 Å². The second-order valence-corrected chi connectivity index (χ2v) is 13.5. The van der Waals surface area contributed by atoms with Gasteiger partial charge < -0.3 is 9.64 Å². The van der Waals surface area contributed by atoms with E-state index in [0.717, 1.165) is 32.1 Å². The van der Waals surface area contributed by atoms with Gasteiger partial charge in [-0.2, -0.15) is 4.31 Å². The Bertz CT molecular complexity index is 1010. The minimum atomic E-state index is -3.72. The third kappa shape index (κ3) is 5.71. The molecule has 3 saturated heterocycles. The Balaban J connectivity index is 1.23. The third-order valence-corrected chi connectivity index (χ3v) is 10.9. The van der Waals surface area contributed by atoms with Crippen molar-refractivity contribution in [3.05, 3.63) is 29.3 Å². The van der Waals surface area contributed by atoms with Crippen LogP contribution in [-0.4, -0.2) is 79.5 Å². The highest BCUT2D eigenvalue weighted by atomic mass is 35.5. The first-order valence-electron chi connectivity index (χ1n) is 13.8. The zero-order valence-corrected chi connectivity index (χ0v) is 22.9. The molecular formula is C27H40ClN3O4S. The van der Waals surface area contributed by atoms with E-state index in [4.69, 9.17) is 16.3 Å². The van der Waals surface area contributed by atoms with Crippen LogP contribution in [0.25, 0.3) is 0 Å². The van der Waals surface area contributed by atoms with Crippen molar-refractivity contribution in [3.8, 4) is 0 Å². The van der Waals surface area contributed by atoms with Gasteiger partial charge in [0.2, 0.25) is 10.0 Å². The monoisotopic (exact) mass is 537 g/mol. The molecule has 7 nitrogen and oxygen atoms in total. The molecule has 9 heteroatoms. The number of piperidine rings is 3. The summed E-state index contributed by atoms with van der Waals surface area (Å²) in [4.78, 5) is 17.8. The SMILES string of the molecule is CC1CN(C(=O)OC[C@H]2CCC[C@@H](C3CC3)N2S(=O)(=O)c2ccc(Cl)cc2)CCC1N1CCCCC1. The van der Waals surface area contributed by atoms with Gasteiger partial charge in [-0.1, -0.05) is 31.4 Å². The quantitative estimate of drug-likeness (QED) is 0.511. The number of rotatable bonds is 6. The maximum atomic E-state index is 13.8. The molecule has 1 aromatic rings. The number of ether oxygens (including phenoxy) is 1. The molecule has 3 aliphatic heterocycles. The van der Waals surface area contributed by atoms with Gasteiger partial charge in [0.05, 0.1) is 10.9 Å². The molecule has 1 saturated carbocycles. The van der Waals surface area contributed by atoms with Crippen molar-refractivity contribution in [2.75, 3.05) is 32.8 Å². The highest BCUT2D eigenvalue weighted by Crippen LogP contribution is 2.43. The standard InChI is InChI=1S/C27H40ClN3O4S/c1-20-18-30(17-14-25(20)29-15-3-2-4-16-29)27(32)35-19-23-6-5-7-26(21-8-9-21)31(23)36(33,34)24-12-10-22(28)11-13-24/h10-13,20-21,23,25-26H,2-9,14-19H2,1H3/t20?,23-,25?,26+/m1/s1. The fourth-order valence-electron chi connectivity index (χ4n) is 6.62. The van der Waals surface area contributed by atoms with Gasteiger partial charge in [0, 0.05) is 30.2 Å². The summed E-state index contributed by atoms with van der Waals surface area (Å²) in [6.07, 6.45) is 9.18. The van der Waals surface area contributed by atoms with Gasteiger partial charge in [-0.05, 0) is 94.1 Å². The summed E-state index contributed by atoms with van der Waals surface area (Å²) in [5.74, 6) is 0.806. The first-order chi connectivity index (χ1) is 17.3. The van der Waals surface area contributed by atoms with Crippen molar-refractivity contribution in [3.63, 3.8) is 0 Å². The largest absolute Gasteiger partial charge is 0.448 e. The zero-order chi connectivity index (χ0) is 25.3. The molecular weight excluding hydrogens is 498 g/mol. The summed E-state index contributed by atoms with van der Waals surface area (Å²) in [7, 11) is -3.72. The molecule has 1 aliphatic carbocycles. The molecule has 0 aromatic heterocycles. The Morgan fingerprint density at radius 1 is 0.944 bits per heavy atom. The molecule has 4 atom stereocenters. The molecule has 200 valence electrons. The lowest BCUT2D eigenvalue weighted by Gasteiger charge is -2.44. The number of carbonyl (C=O) groups is 1. The van der Waals surface area contributed by atoms with E-state index in [2.05, 4.69) is 11.8 Å². The summed E-state index contributed by atoms with van der Waals surface area (Å²) in [6.45, 7) is 6.08. The lowest BCUT2D eigenvalue weighted by atomic mass is 9.91. The number of amides is 1.